The summed E-state index contributed by atoms with van der Waals surface area (Å²) >= 11 is 1.14. The molecule has 2 amide bonds. The molecule has 2 aromatic rings. The van der Waals surface area contributed by atoms with Crippen molar-refractivity contribution in [1.82, 2.24) is 5.32 Å². The van der Waals surface area contributed by atoms with Crippen molar-refractivity contribution in [2.24, 2.45) is 5.41 Å². The van der Waals surface area contributed by atoms with E-state index >= 15 is 0 Å². The first-order chi connectivity index (χ1) is 16.8. The molecular formula is C27H33FN2O4S. The average molecular weight is 501 g/mol. The van der Waals surface area contributed by atoms with Gasteiger partial charge in [-0.1, -0.05) is 42.1 Å². The topological polar surface area (TPSA) is 84.5 Å². The number of benzene rings is 2. The number of halogens is 1. The van der Waals surface area contributed by atoms with Crippen LogP contribution >= 0.6 is 11.8 Å². The predicted octanol–water partition coefficient (Wildman–Crippen LogP) is 4.74. The highest BCUT2D eigenvalue weighted by atomic mass is 32.2. The quantitative estimate of drug-likeness (QED) is 0.492. The molecule has 8 heteroatoms. The molecule has 188 valence electrons. The SMILES string of the molecule is CCO[C@H]1CC[C@@](CSC(C)=O)(C(=O)N[C@@H](Cc2ccc(F)cc2)C(=O)Nc2ccccc2)CC1. The van der Waals surface area contributed by atoms with Crippen LogP contribution in [0.2, 0.25) is 0 Å². The molecular weight excluding hydrogens is 467 g/mol. The van der Waals surface area contributed by atoms with Gasteiger partial charge < -0.3 is 15.4 Å². The van der Waals surface area contributed by atoms with Crippen molar-refractivity contribution < 1.29 is 23.5 Å². The lowest BCUT2D eigenvalue weighted by Crippen LogP contribution is -2.53. The van der Waals surface area contributed by atoms with Gasteiger partial charge in [0.25, 0.3) is 0 Å². The Morgan fingerprint density at radius 1 is 1.09 bits per heavy atom. The maximum atomic E-state index is 13.7. The number of rotatable bonds is 10. The molecule has 2 N–H and O–H groups in total. The van der Waals surface area contributed by atoms with Crippen LogP contribution in [0.15, 0.2) is 54.6 Å². The number of hydrogen-bond donors (Lipinski definition) is 2. The minimum Gasteiger partial charge on any atom is -0.379 e. The Balaban J connectivity index is 1.80. The molecule has 1 saturated carbocycles. The number of para-hydroxylation sites is 1. The van der Waals surface area contributed by atoms with Crippen LogP contribution in [0, 0.1) is 11.2 Å². The average Bonchev–Trinajstić information content (AvgIpc) is 2.85. The van der Waals surface area contributed by atoms with Crippen LogP contribution < -0.4 is 10.6 Å². The van der Waals surface area contributed by atoms with E-state index in [0.717, 1.165) is 30.2 Å². The monoisotopic (exact) mass is 500 g/mol. The van der Waals surface area contributed by atoms with Gasteiger partial charge in [0.15, 0.2) is 5.12 Å². The zero-order valence-electron chi connectivity index (χ0n) is 20.2. The van der Waals surface area contributed by atoms with E-state index < -0.39 is 11.5 Å². The molecule has 0 aliphatic heterocycles. The van der Waals surface area contributed by atoms with E-state index in [-0.39, 0.29) is 35.3 Å². The summed E-state index contributed by atoms with van der Waals surface area (Å²) < 4.78 is 19.2. The number of carbonyl (C=O) groups is 3. The normalized spacial score (nSPS) is 20.6. The van der Waals surface area contributed by atoms with Crippen LogP contribution in [-0.4, -0.2) is 41.4 Å². The van der Waals surface area contributed by atoms with Crippen LogP contribution in [0.1, 0.15) is 45.1 Å². The fourth-order valence-electron chi connectivity index (χ4n) is 4.35. The Hall–Kier alpha value is -2.71. The van der Waals surface area contributed by atoms with Gasteiger partial charge in [0.1, 0.15) is 11.9 Å². The minimum absolute atomic E-state index is 0.0474. The highest BCUT2D eigenvalue weighted by Gasteiger charge is 2.43. The van der Waals surface area contributed by atoms with Crippen molar-refractivity contribution >= 4 is 34.4 Å². The van der Waals surface area contributed by atoms with E-state index in [2.05, 4.69) is 10.6 Å². The molecule has 0 bridgehead atoms. The molecule has 1 fully saturated rings. The van der Waals surface area contributed by atoms with E-state index in [1.54, 1.807) is 24.3 Å². The molecule has 1 aliphatic carbocycles. The lowest BCUT2D eigenvalue weighted by atomic mass is 9.73. The highest BCUT2D eigenvalue weighted by Crippen LogP contribution is 2.40. The Morgan fingerprint density at radius 3 is 2.34 bits per heavy atom. The number of thioether (sulfide) groups is 1. The van der Waals surface area contributed by atoms with Crippen LogP contribution in [0.3, 0.4) is 0 Å². The van der Waals surface area contributed by atoms with Crippen molar-refractivity contribution in [1.29, 1.82) is 0 Å². The second-order valence-corrected chi connectivity index (χ2v) is 10.1. The highest BCUT2D eigenvalue weighted by molar-refractivity contribution is 8.13. The fourth-order valence-corrected chi connectivity index (χ4v) is 5.25. The van der Waals surface area contributed by atoms with Gasteiger partial charge in [0.05, 0.1) is 11.5 Å². The van der Waals surface area contributed by atoms with Crippen LogP contribution in [0.5, 0.6) is 0 Å². The van der Waals surface area contributed by atoms with E-state index in [0.29, 0.717) is 30.9 Å². The van der Waals surface area contributed by atoms with E-state index in [4.69, 9.17) is 4.74 Å². The van der Waals surface area contributed by atoms with Crippen molar-refractivity contribution in [2.75, 3.05) is 17.7 Å². The van der Waals surface area contributed by atoms with Crippen molar-refractivity contribution in [3.8, 4) is 0 Å². The Labute approximate surface area is 210 Å². The zero-order valence-corrected chi connectivity index (χ0v) is 21.0. The van der Waals surface area contributed by atoms with Crippen LogP contribution in [-0.2, 0) is 25.5 Å². The Morgan fingerprint density at radius 2 is 1.74 bits per heavy atom. The molecule has 0 radical (unpaired) electrons. The minimum atomic E-state index is -0.864. The number of ether oxygens (including phenoxy) is 1. The van der Waals surface area contributed by atoms with Gasteiger partial charge in [-0.3, -0.25) is 14.4 Å². The number of carbonyl (C=O) groups excluding carboxylic acids is 3. The second kappa shape index (κ2) is 12.8. The van der Waals surface area contributed by atoms with E-state index in [1.807, 2.05) is 25.1 Å². The number of amides is 2. The molecule has 0 spiro atoms. The number of hydrogen-bond acceptors (Lipinski definition) is 5. The third kappa shape index (κ3) is 7.90. The number of anilines is 1. The van der Waals surface area contributed by atoms with Crippen molar-refractivity contribution in [3.05, 3.63) is 66.0 Å². The van der Waals surface area contributed by atoms with Gasteiger partial charge in [-0.05, 0) is 62.4 Å². The second-order valence-electron chi connectivity index (χ2n) is 8.93. The largest absolute Gasteiger partial charge is 0.379 e. The predicted molar refractivity (Wildman–Crippen MR) is 137 cm³/mol. The first-order valence-corrected chi connectivity index (χ1v) is 13.0. The lowest BCUT2D eigenvalue weighted by molar-refractivity contribution is -0.136. The molecule has 0 aromatic heterocycles. The summed E-state index contributed by atoms with van der Waals surface area (Å²) in [4.78, 5) is 38.7. The van der Waals surface area contributed by atoms with E-state index in [1.165, 1.54) is 19.1 Å². The van der Waals surface area contributed by atoms with Gasteiger partial charge in [0, 0.05) is 31.4 Å². The molecule has 3 rings (SSSR count). The summed E-state index contributed by atoms with van der Waals surface area (Å²) in [7, 11) is 0. The summed E-state index contributed by atoms with van der Waals surface area (Å²) in [5.74, 6) is -0.603. The summed E-state index contributed by atoms with van der Waals surface area (Å²) in [6.07, 6.45) is 2.90. The van der Waals surface area contributed by atoms with Gasteiger partial charge in [0.2, 0.25) is 11.8 Å². The number of nitrogens with one attached hydrogen (secondary N) is 2. The van der Waals surface area contributed by atoms with E-state index in [9.17, 15) is 18.8 Å². The summed E-state index contributed by atoms with van der Waals surface area (Å²) in [6.45, 7) is 4.06. The standard InChI is InChI=1S/C27H33FN2O4S/c1-3-34-23-13-15-27(16-14-23,18-35-19(2)31)26(33)30-24(17-20-9-11-21(28)12-10-20)25(32)29-22-7-5-4-6-8-22/h4-12,23-24H,3,13-18H2,1-2H3,(H,29,32)(H,30,33)/t23-,24-,27+/m0/s1. The van der Waals surface area contributed by atoms with Gasteiger partial charge in [-0.25, -0.2) is 4.39 Å². The van der Waals surface area contributed by atoms with Crippen LogP contribution in [0.4, 0.5) is 10.1 Å². The molecule has 35 heavy (non-hydrogen) atoms. The molecule has 2 aromatic carbocycles. The lowest BCUT2D eigenvalue weighted by Gasteiger charge is -2.39. The first-order valence-electron chi connectivity index (χ1n) is 12.0. The Bertz CT molecular complexity index is 992. The smallest absolute Gasteiger partial charge is 0.247 e. The van der Waals surface area contributed by atoms with Crippen molar-refractivity contribution in [3.63, 3.8) is 0 Å². The molecule has 0 saturated heterocycles. The third-order valence-electron chi connectivity index (χ3n) is 6.34. The Kier molecular flexibility index (Phi) is 9.86. The van der Waals surface area contributed by atoms with Crippen LogP contribution in [0.25, 0.3) is 0 Å². The maximum Gasteiger partial charge on any atom is 0.247 e. The third-order valence-corrected chi connectivity index (χ3v) is 7.45. The maximum absolute atomic E-state index is 13.7. The zero-order chi connectivity index (χ0) is 25.3. The summed E-state index contributed by atoms with van der Waals surface area (Å²) in [5.41, 5.74) is 0.583. The fraction of sp³-hybridized carbons (Fsp3) is 0.444. The molecule has 0 heterocycles. The molecule has 1 atom stereocenters. The summed E-state index contributed by atoms with van der Waals surface area (Å²) in [5, 5.41) is 5.79. The first kappa shape index (κ1) is 26.9. The molecule has 1 aliphatic rings. The molecule has 0 unspecified atom stereocenters. The van der Waals surface area contributed by atoms with Gasteiger partial charge >= 0.3 is 0 Å². The molecule has 6 nitrogen and oxygen atoms in total. The van der Waals surface area contributed by atoms with Gasteiger partial charge in [-0.15, -0.1) is 0 Å². The van der Waals surface area contributed by atoms with Crippen molar-refractivity contribution in [2.45, 2.75) is 58.1 Å². The van der Waals surface area contributed by atoms with Gasteiger partial charge in [-0.2, -0.15) is 0 Å². The summed E-state index contributed by atoms with van der Waals surface area (Å²) in [6, 6.07) is 14.1.